The summed E-state index contributed by atoms with van der Waals surface area (Å²) in [5, 5.41) is 9.85. The number of methoxy groups -OCH3 is 2. The lowest BCUT2D eigenvalue weighted by atomic mass is 9.98. The third kappa shape index (κ3) is 2.58. The summed E-state index contributed by atoms with van der Waals surface area (Å²) in [6.07, 6.45) is 3.06. The van der Waals surface area contributed by atoms with Gasteiger partial charge < -0.3 is 19.5 Å². The van der Waals surface area contributed by atoms with Gasteiger partial charge >= 0.3 is 0 Å². The molecule has 3 rings (SSSR count). The van der Waals surface area contributed by atoms with Crippen LogP contribution in [0.25, 0.3) is 0 Å². The fourth-order valence-corrected chi connectivity index (χ4v) is 3.56. The Labute approximate surface area is 124 Å². The van der Waals surface area contributed by atoms with E-state index in [9.17, 15) is 9.90 Å². The summed E-state index contributed by atoms with van der Waals surface area (Å²) >= 11 is 0. The smallest absolute Gasteiger partial charge is 0.254 e. The molecule has 0 aliphatic carbocycles. The molecule has 0 aromatic heterocycles. The number of hydrogen-bond donors (Lipinski definition) is 1. The van der Waals surface area contributed by atoms with E-state index in [1.807, 2.05) is 4.90 Å². The van der Waals surface area contributed by atoms with Crippen molar-refractivity contribution in [2.24, 2.45) is 0 Å². The van der Waals surface area contributed by atoms with Crippen molar-refractivity contribution in [1.29, 1.82) is 0 Å². The number of aliphatic hydroxyl groups excluding tert-OH is 1. The summed E-state index contributed by atoms with van der Waals surface area (Å²) in [6, 6.07) is 5.56. The van der Waals surface area contributed by atoms with E-state index in [0.29, 0.717) is 29.9 Å². The second-order valence-electron chi connectivity index (χ2n) is 5.82. The lowest BCUT2D eigenvalue weighted by Gasteiger charge is -2.37. The fraction of sp³-hybridized carbons (Fsp3) is 0.562. The number of rotatable bonds is 3. The van der Waals surface area contributed by atoms with E-state index in [1.165, 1.54) is 0 Å². The fourth-order valence-electron chi connectivity index (χ4n) is 3.56. The maximum absolute atomic E-state index is 12.8. The lowest BCUT2D eigenvalue weighted by molar-refractivity contribution is 0.0286. The van der Waals surface area contributed by atoms with E-state index in [-0.39, 0.29) is 24.1 Å². The Morgan fingerprint density at radius 1 is 1.10 bits per heavy atom. The normalized spacial score (nSPS) is 27.6. The predicted octanol–water partition coefficient (Wildman–Crippen LogP) is 1.83. The van der Waals surface area contributed by atoms with Gasteiger partial charge in [0.2, 0.25) is 0 Å². The van der Waals surface area contributed by atoms with Crippen molar-refractivity contribution in [2.45, 2.75) is 43.9 Å². The molecule has 2 aliphatic heterocycles. The first-order chi connectivity index (χ1) is 10.1. The van der Waals surface area contributed by atoms with Crippen molar-refractivity contribution in [3.8, 4) is 11.5 Å². The number of aliphatic hydroxyl groups is 1. The number of amides is 1. The molecular formula is C16H21NO4. The van der Waals surface area contributed by atoms with Gasteiger partial charge in [-0.3, -0.25) is 4.79 Å². The molecule has 1 aromatic carbocycles. The van der Waals surface area contributed by atoms with E-state index in [2.05, 4.69) is 0 Å². The third-order valence-electron chi connectivity index (χ3n) is 4.54. The highest BCUT2D eigenvalue weighted by atomic mass is 16.5. The van der Waals surface area contributed by atoms with Crippen LogP contribution in [0, 0.1) is 0 Å². The van der Waals surface area contributed by atoms with Crippen molar-refractivity contribution < 1.29 is 19.4 Å². The average molecular weight is 291 g/mol. The van der Waals surface area contributed by atoms with Crippen LogP contribution in [0.2, 0.25) is 0 Å². The third-order valence-corrected chi connectivity index (χ3v) is 4.54. The minimum Gasteiger partial charge on any atom is -0.497 e. The van der Waals surface area contributed by atoms with Crippen LogP contribution < -0.4 is 9.47 Å². The van der Waals surface area contributed by atoms with Crippen molar-refractivity contribution in [3.05, 3.63) is 23.8 Å². The van der Waals surface area contributed by atoms with Crippen LogP contribution in [-0.4, -0.2) is 48.3 Å². The predicted molar refractivity (Wildman–Crippen MR) is 77.8 cm³/mol. The topological polar surface area (TPSA) is 59.0 Å². The van der Waals surface area contributed by atoms with Crippen LogP contribution in [0.1, 0.15) is 36.0 Å². The summed E-state index contributed by atoms with van der Waals surface area (Å²) < 4.78 is 10.5. The van der Waals surface area contributed by atoms with E-state index < -0.39 is 0 Å². The number of hydrogen-bond acceptors (Lipinski definition) is 4. The first kappa shape index (κ1) is 14.2. The average Bonchev–Trinajstić information content (AvgIpc) is 2.77. The van der Waals surface area contributed by atoms with Crippen molar-refractivity contribution in [2.75, 3.05) is 14.2 Å². The molecule has 2 atom stereocenters. The quantitative estimate of drug-likeness (QED) is 0.923. The van der Waals surface area contributed by atoms with Crippen LogP contribution >= 0.6 is 0 Å². The Morgan fingerprint density at radius 3 is 2.10 bits per heavy atom. The number of piperidine rings is 1. The first-order valence-electron chi connectivity index (χ1n) is 7.36. The van der Waals surface area contributed by atoms with Gasteiger partial charge in [0.05, 0.1) is 20.3 Å². The summed E-state index contributed by atoms with van der Waals surface area (Å²) in [5.74, 6) is 1.23. The van der Waals surface area contributed by atoms with Gasteiger partial charge in [-0.15, -0.1) is 0 Å². The van der Waals surface area contributed by atoms with Gasteiger partial charge in [0, 0.05) is 23.7 Å². The molecule has 2 fully saturated rings. The number of benzene rings is 1. The molecule has 5 heteroatoms. The van der Waals surface area contributed by atoms with Crippen LogP contribution in [-0.2, 0) is 0 Å². The number of nitrogens with zero attached hydrogens (tertiary/aromatic N) is 1. The minimum absolute atomic E-state index is 0.00611. The zero-order chi connectivity index (χ0) is 15.0. The maximum Gasteiger partial charge on any atom is 0.254 e. The van der Waals surface area contributed by atoms with Crippen molar-refractivity contribution in [3.63, 3.8) is 0 Å². The van der Waals surface area contributed by atoms with Crippen LogP contribution in [0.5, 0.6) is 11.5 Å². The zero-order valence-electron chi connectivity index (χ0n) is 12.4. The first-order valence-corrected chi connectivity index (χ1v) is 7.36. The number of carbonyl (C=O) groups excluding carboxylic acids is 1. The van der Waals surface area contributed by atoms with Crippen molar-refractivity contribution >= 4 is 5.91 Å². The Kier molecular flexibility index (Phi) is 3.76. The van der Waals surface area contributed by atoms with Gasteiger partial charge in [-0.2, -0.15) is 0 Å². The van der Waals surface area contributed by atoms with Gasteiger partial charge in [0.15, 0.2) is 0 Å². The Bertz CT molecular complexity index is 509. The molecule has 1 aromatic rings. The monoisotopic (exact) mass is 291 g/mol. The summed E-state index contributed by atoms with van der Waals surface area (Å²) in [4.78, 5) is 14.8. The maximum atomic E-state index is 12.8. The summed E-state index contributed by atoms with van der Waals surface area (Å²) in [6.45, 7) is 0. The van der Waals surface area contributed by atoms with Gasteiger partial charge in [0.25, 0.3) is 5.91 Å². The zero-order valence-corrected chi connectivity index (χ0v) is 12.4. The molecule has 0 saturated carbocycles. The van der Waals surface area contributed by atoms with Crippen LogP contribution in [0.4, 0.5) is 0 Å². The molecular weight excluding hydrogens is 270 g/mol. The molecule has 21 heavy (non-hydrogen) atoms. The van der Waals surface area contributed by atoms with Gasteiger partial charge in [-0.05, 0) is 37.8 Å². The largest absolute Gasteiger partial charge is 0.497 e. The Hall–Kier alpha value is -1.75. The second-order valence-corrected chi connectivity index (χ2v) is 5.82. The van der Waals surface area contributed by atoms with E-state index in [0.717, 1.165) is 12.8 Å². The minimum atomic E-state index is -0.272. The Morgan fingerprint density at radius 2 is 1.62 bits per heavy atom. The lowest BCUT2D eigenvalue weighted by Crippen LogP contribution is -2.48. The molecule has 2 aliphatic rings. The molecule has 2 unspecified atom stereocenters. The SMILES string of the molecule is COc1cc(OC)cc(C(=O)N2C3CCC2CC(O)C3)c1. The Balaban J connectivity index is 1.89. The highest BCUT2D eigenvalue weighted by Crippen LogP contribution is 2.37. The molecule has 0 radical (unpaired) electrons. The van der Waals surface area contributed by atoms with Gasteiger partial charge in [-0.25, -0.2) is 0 Å². The highest BCUT2D eigenvalue weighted by molar-refractivity contribution is 5.95. The van der Waals surface area contributed by atoms with Crippen molar-refractivity contribution in [1.82, 2.24) is 4.90 Å². The van der Waals surface area contributed by atoms with Gasteiger partial charge in [0.1, 0.15) is 11.5 Å². The summed E-state index contributed by atoms with van der Waals surface area (Å²) in [7, 11) is 3.15. The van der Waals surface area contributed by atoms with Crippen LogP contribution in [0.15, 0.2) is 18.2 Å². The van der Waals surface area contributed by atoms with Crippen LogP contribution in [0.3, 0.4) is 0 Å². The molecule has 2 saturated heterocycles. The molecule has 5 nitrogen and oxygen atoms in total. The van der Waals surface area contributed by atoms with E-state index >= 15 is 0 Å². The molecule has 2 heterocycles. The molecule has 1 N–H and O–H groups in total. The standard InChI is InChI=1S/C16H21NO4/c1-20-14-5-10(6-15(9-14)21-2)16(19)17-11-3-4-12(17)8-13(18)7-11/h5-6,9,11-13,18H,3-4,7-8H2,1-2H3. The second kappa shape index (κ2) is 5.56. The molecule has 114 valence electrons. The summed E-state index contributed by atoms with van der Waals surface area (Å²) in [5.41, 5.74) is 0.583. The number of ether oxygens (including phenoxy) is 2. The van der Waals surface area contributed by atoms with E-state index in [4.69, 9.17) is 9.47 Å². The highest BCUT2D eigenvalue weighted by Gasteiger charge is 2.43. The molecule has 0 spiro atoms. The number of carbonyl (C=O) groups is 1. The molecule has 2 bridgehead atoms. The molecule has 1 amide bonds. The van der Waals surface area contributed by atoms with Gasteiger partial charge in [-0.1, -0.05) is 0 Å². The number of fused-ring (bicyclic) bond motifs is 2. The van der Waals surface area contributed by atoms with E-state index in [1.54, 1.807) is 32.4 Å².